The van der Waals surface area contributed by atoms with Crippen LogP contribution in [0, 0.1) is 16.0 Å². The van der Waals surface area contributed by atoms with Crippen molar-refractivity contribution in [3.8, 4) is 0 Å². The molecule has 0 atom stereocenters. The molecule has 31 heavy (non-hydrogen) atoms. The Bertz CT molecular complexity index is 1100. The lowest BCUT2D eigenvalue weighted by Crippen LogP contribution is -3.11. The van der Waals surface area contributed by atoms with E-state index in [1.807, 2.05) is 42.5 Å². The van der Waals surface area contributed by atoms with Crippen LogP contribution in [-0.2, 0) is 11.3 Å². The molecule has 1 saturated heterocycles. The highest BCUT2D eigenvalue weighted by atomic mass is 16.6. The number of non-ortho nitro benzene ring substituents is 1. The average Bonchev–Trinajstić information content (AvgIpc) is 2.80. The Morgan fingerprint density at radius 2 is 1.77 bits per heavy atom. The molecule has 2 N–H and O–H groups in total. The molecule has 0 aromatic heterocycles. The van der Waals surface area contributed by atoms with Crippen molar-refractivity contribution in [3.63, 3.8) is 0 Å². The second-order valence-corrected chi connectivity index (χ2v) is 7.93. The summed E-state index contributed by atoms with van der Waals surface area (Å²) in [6, 6.07) is 20.8. The van der Waals surface area contributed by atoms with Crippen LogP contribution in [0.3, 0.4) is 0 Å². The lowest BCUT2D eigenvalue weighted by atomic mass is 9.96. The van der Waals surface area contributed by atoms with Crippen LogP contribution >= 0.6 is 0 Å². The SMILES string of the molecule is O=C(N/N=C\c1cccc2ccccc12)C1CC[NH+](Cc2ccc([N+](=O)[O-])cc2)CC1. The van der Waals surface area contributed by atoms with Gasteiger partial charge in [0.15, 0.2) is 0 Å². The van der Waals surface area contributed by atoms with Gasteiger partial charge in [0.2, 0.25) is 5.91 Å². The fourth-order valence-electron chi connectivity index (χ4n) is 4.11. The number of hydrogen-bond donors (Lipinski definition) is 2. The maximum atomic E-state index is 12.5. The van der Waals surface area contributed by atoms with Gasteiger partial charge < -0.3 is 4.90 Å². The van der Waals surface area contributed by atoms with Crippen LogP contribution in [0.2, 0.25) is 0 Å². The van der Waals surface area contributed by atoms with Crippen LogP contribution in [-0.4, -0.2) is 30.1 Å². The third kappa shape index (κ3) is 5.13. The zero-order valence-electron chi connectivity index (χ0n) is 17.2. The number of hydrogen-bond acceptors (Lipinski definition) is 4. The summed E-state index contributed by atoms with van der Waals surface area (Å²) in [5, 5.41) is 17.2. The first-order valence-corrected chi connectivity index (χ1v) is 10.5. The number of piperidine rings is 1. The number of nitro groups is 1. The van der Waals surface area contributed by atoms with E-state index < -0.39 is 0 Å². The van der Waals surface area contributed by atoms with Gasteiger partial charge in [-0.25, -0.2) is 5.43 Å². The lowest BCUT2D eigenvalue weighted by Gasteiger charge is -2.28. The molecular formula is C24H25N4O3+. The van der Waals surface area contributed by atoms with Gasteiger partial charge in [-0.3, -0.25) is 14.9 Å². The first-order valence-electron chi connectivity index (χ1n) is 10.5. The second kappa shape index (κ2) is 9.49. The molecule has 0 radical (unpaired) electrons. The molecule has 1 heterocycles. The van der Waals surface area contributed by atoms with Crippen molar-refractivity contribution in [2.45, 2.75) is 19.4 Å². The molecule has 1 fully saturated rings. The molecule has 1 aliphatic heterocycles. The second-order valence-electron chi connectivity index (χ2n) is 7.93. The highest BCUT2D eigenvalue weighted by Crippen LogP contribution is 2.17. The quantitative estimate of drug-likeness (QED) is 0.367. The van der Waals surface area contributed by atoms with Crippen molar-refractivity contribution >= 4 is 28.6 Å². The molecule has 7 heteroatoms. The number of fused-ring (bicyclic) bond motifs is 1. The van der Waals surface area contributed by atoms with Crippen molar-refractivity contribution < 1.29 is 14.6 Å². The van der Waals surface area contributed by atoms with Gasteiger partial charge in [-0.05, 0) is 22.9 Å². The van der Waals surface area contributed by atoms with Crippen LogP contribution in [0.15, 0.2) is 71.8 Å². The molecule has 7 nitrogen and oxygen atoms in total. The van der Waals surface area contributed by atoms with Crippen LogP contribution in [0.4, 0.5) is 5.69 Å². The van der Waals surface area contributed by atoms with E-state index in [2.05, 4.69) is 22.7 Å². The summed E-state index contributed by atoms with van der Waals surface area (Å²) in [7, 11) is 0. The number of likely N-dealkylation sites (tertiary alicyclic amines) is 1. The van der Waals surface area contributed by atoms with Crippen molar-refractivity contribution in [2.75, 3.05) is 13.1 Å². The van der Waals surface area contributed by atoms with E-state index in [1.54, 1.807) is 18.3 Å². The Labute approximate surface area is 180 Å². The number of amides is 1. The molecule has 0 spiro atoms. The van der Waals surface area contributed by atoms with E-state index in [-0.39, 0.29) is 22.4 Å². The van der Waals surface area contributed by atoms with Crippen LogP contribution in [0.5, 0.6) is 0 Å². The average molecular weight is 417 g/mol. The number of hydrazone groups is 1. The highest BCUT2D eigenvalue weighted by molar-refractivity contribution is 5.99. The number of carbonyl (C=O) groups excluding carboxylic acids is 1. The van der Waals surface area contributed by atoms with Gasteiger partial charge in [-0.1, -0.05) is 42.5 Å². The van der Waals surface area contributed by atoms with Crippen LogP contribution in [0.1, 0.15) is 24.0 Å². The number of nitrogens with one attached hydrogen (secondary N) is 2. The van der Waals surface area contributed by atoms with Gasteiger partial charge in [-0.15, -0.1) is 0 Å². The number of benzene rings is 3. The van der Waals surface area contributed by atoms with Gasteiger partial charge in [0.05, 0.1) is 30.1 Å². The third-order valence-electron chi connectivity index (χ3n) is 5.87. The fourth-order valence-corrected chi connectivity index (χ4v) is 4.11. The van der Waals surface area contributed by atoms with Crippen LogP contribution < -0.4 is 10.3 Å². The molecule has 4 rings (SSSR count). The normalized spacial score (nSPS) is 18.8. The molecule has 158 valence electrons. The molecule has 0 aliphatic carbocycles. The van der Waals surface area contributed by atoms with Gasteiger partial charge in [-0.2, -0.15) is 5.10 Å². The number of nitrogens with zero attached hydrogens (tertiary/aromatic N) is 2. The minimum Gasteiger partial charge on any atom is -0.331 e. The zero-order chi connectivity index (χ0) is 21.6. The largest absolute Gasteiger partial charge is 0.331 e. The first kappa shape index (κ1) is 20.7. The summed E-state index contributed by atoms with van der Waals surface area (Å²) >= 11 is 0. The zero-order valence-corrected chi connectivity index (χ0v) is 17.2. The number of nitro benzene ring substituents is 1. The van der Waals surface area contributed by atoms with Crippen LogP contribution in [0.25, 0.3) is 10.8 Å². The van der Waals surface area contributed by atoms with Gasteiger partial charge in [0, 0.05) is 36.1 Å². The summed E-state index contributed by atoms with van der Waals surface area (Å²) in [6.45, 7) is 2.59. The maximum Gasteiger partial charge on any atom is 0.269 e. The fraction of sp³-hybridized carbons (Fsp3) is 0.250. The number of rotatable bonds is 6. The van der Waals surface area contributed by atoms with Crippen molar-refractivity contribution in [3.05, 3.63) is 88.0 Å². The molecule has 0 unspecified atom stereocenters. The smallest absolute Gasteiger partial charge is 0.269 e. The van der Waals surface area contributed by atoms with E-state index in [0.717, 1.165) is 54.4 Å². The van der Waals surface area contributed by atoms with Gasteiger partial charge >= 0.3 is 0 Å². The van der Waals surface area contributed by atoms with Crippen molar-refractivity contribution in [1.82, 2.24) is 5.43 Å². The topological polar surface area (TPSA) is 89.0 Å². The van der Waals surface area contributed by atoms with E-state index in [0.29, 0.717) is 0 Å². The predicted octanol–water partition coefficient (Wildman–Crippen LogP) is 2.69. The molecule has 0 saturated carbocycles. The summed E-state index contributed by atoms with van der Waals surface area (Å²) in [5.41, 5.74) is 4.86. The monoisotopic (exact) mass is 417 g/mol. The van der Waals surface area contributed by atoms with Crippen molar-refractivity contribution in [1.29, 1.82) is 0 Å². The molecule has 1 amide bonds. The summed E-state index contributed by atoms with van der Waals surface area (Å²) < 4.78 is 0. The number of carbonyl (C=O) groups is 1. The number of quaternary nitrogens is 1. The van der Waals surface area contributed by atoms with E-state index in [1.165, 1.54) is 4.90 Å². The van der Waals surface area contributed by atoms with E-state index >= 15 is 0 Å². The minimum absolute atomic E-state index is 0.0362. The Balaban J connectivity index is 1.27. The molecule has 3 aromatic rings. The predicted molar refractivity (Wildman–Crippen MR) is 120 cm³/mol. The third-order valence-corrected chi connectivity index (χ3v) is 5.87. The Morgan fingerprint density at radius 3 is 2.52 bits per heavy atom. The minimum atomic E-state index is -0.385. The van der Waals surface area contributed by atoms with E-state index in [4.69, 9.17) is 0 Å². The van der Waals surface area contributed by atoms with Gasteiger partial charge in [0.1, 0.15) is 6.54 Å². The van der Waals surface area contributed by atoms with E-state index in [9.17, 15) is 14.9 Å². The Hall–Kier alpha value is -3.58. The van der Waals surface area contributed by atoms with Crippen molar-refractivity contribution in [2.24, 2.45) is 11.0 Å². The summed E-state index contributed by atoms with van der Waals surface area (Å²) in [5.74, 6) is -0.0730. The molecule has 0 bridgehead atoms. The Morgan fingerprint density at radius 1 is 1.06 bits per heavy atom. The highest BCUT2D eigenvalue weighted by Gasteiger charge is 2.27. The maximum absolute atomic E-state index is 12.5. The molecule has 1 aliphatic rings. The summed E-state index contributed by atoms with van der Waals surface area (Å²) in [4.78, 5) is 24.3. The first-order chi connectivity index (χ1) is 15.1. The molecule has 3 aromatic carbocycles. The lowest BCUT2D eigenvalue weighted by molar-refractivity contribution is -0.919. The Kier molecular flexibility index (Phi) is 6.33. The summed E-state index contributed by atoms with van der Waals surface area (Å²) in [6.07, 6.45) is 3.31. The van der Waals surface area contributed by atoms with Gasteiger partial charge in [0.25, 0.3) is 5.69 Å². The molecular weight excluding hydrogens is 392 g/mol. The standard InChI is InChI=1S/C24H24N4O3/c29-24(26-25-16-21-6-3-5-19-4-1-2-7-23(19)21)20-12-14-27(15-13-20)17-18-8-10-22(11-9-18)28(30)31/h1-11,16,20H,12-15,17H2,(H,26,29)/p+1/b25-16-.